The lowest BCUT2D eigenvalue weighted by Gasteiger charge is -2.29. The SMILES string of the molecule is CC(C)C1CCc2nc3n(c2C1)C(C)CCC3. The maximum Gasteiger partial charge on any atom is 0.109 e. The first kappa shape index (κ1) is 11.3. The third-order valence-electron chi connectivity index (χ3n) is 4.78. The first-order valence-electron chi connectivity index (χ1n) is 7.25. The second-order valence-corrected chi connectivity index (χ2v) is 6.28. The van der Waals surface area contributed by atoms with E-state index in [0.717, 1.165) is 11.8 Å². The minimum absolute atomic E-state index is 0.681. The van der Waals surface area contributed by atoms with Gasteiger partial charge in [0.15, 0.2) is 0 Å². The zero-order valence-electron chi connectivity index (χ0n) is 11.4. The largest absolute Gasteiger partial charge is 0.329 e. The molecule has 94 valence electrons. The summed E-state index contributed by atoms with van der Waals surface area (Å²) in [4.78, 5) is 4.90. The van der Waals surface area contributed by atoms with Crippen LogP contribution in [-0.4, -0.2) is 9.55 Å². The van der Waals surface area contributed by atoms with Crippen molar-refractivity contribution >= 4 is 0 Å². The molecule has 2 aliphatic rings. The Hall–Kier alpha value is -0.790. The summed E-state index contributed by atoms with van der Waals surface area (Å²) in [6.07, 6.45) is 7.68. The highest BCUT2D eigenvalue weighted by Crippen LogP contribution is 2.35. The molecule has 0 saturated carbocycles. The van der Waals surface area contributed by atoms with Crippen molar-refractivity contribution in [3.05, 3.63) is 17.2 Å². The average molecular weight is 232 g/mol. The van der Waals surface area contributed by atoms with Crippen molar-refractivity contribution in [1.82, 2.24) is 9.55 Å². The summed E-state index contributed by atoms with van der Waals surface area (Å²) in [7, 11) is 0. The highest BCUT2D eigenvalue weighted by Gasteiger charge is 2.29. The van der Waals surface area contributed by atoms with Gasteiger partial charge in [0.1, 0.15) is 5.82 Å². The fourth-order valence-electron chi connectivity index (χ4n) is 3.61. The van der Waals surface area contributed by atoms with E-state index in [9.17, 15) is 0 Å². The van der Waals surface area contributed by atoms with E-state index in [-0.39, 0.29) is 0 Å². The second kappa shape index (κ2) is 4.15. The Morgan fingerprint density at radius 1 is 1.24 bits per heavy atom. The third kappa shape index (κ3) is 1.82. The molecule has 3 rings (SSSR count). The van der Waals surface area contributed by atoms with Gasteiger partial charge < -0.3 is 4.57 Å². The van der Waals surface area contributed by atoms with Crippen LogP contribution in [0, 0.1) is 11.8 Å². The van der Waals surface area contributed by atoms with E-state index in [1.165, 1.54) is 50.0 Å². The molecule has 2 heterocycles. The molecular weight excluding hydrogens is 208 g/mol. The van der Waals surface area contributed by atoms with Gasteiger partial charge in [-0.05, 0) is 50.9 Å². The summed E-state index contributed by atoms with van der Waals surface area (Å²) in [5, 5.41) is 0. The molecule has 2 atom stereocenters. The molecule has 0 bridgehead atoms. The van der Waals surface area contributed by atoms with Crippen molar-refractivity contribution < 1.29 is 0 Å². The smallest absolute Gasteiger partial charge is 0.109 e. The molecule has 0 fully saturated rings. The molecule has 2 unspecified atom stereocenters. The maximum absolute atomic E-state index is 4.90. The molecule has 17 heavy (non-hydrogen) atoms. The van der Waals surface area contributed by atoms with Crippen molar-refractivity contribution in [2.45, 2.75) is 65.3 Å². The molecule has 0 aromatic carbocycles. The van der Waals surface area contributed by atoms with Crippen molar-refractivity contribution in [3.8, 4) is 0 Å². The molecule has 0 radical (unpaired) electrons. The summed E-state index contributed by atoms with van der Waals surface area (Å²) in [5.41, 5.74) is 3.00. The van der Waals surface area contributed by atoms with E-state index in [1.54, 1.807) is 5.69 Å². The Bertz CT molecular complexity index is 417. The molecular formula is C15H24N2. The van der Waals surface area contributed by atoms with Gasteiger partial charge in [0.25, 0.3) is 0 Å². The molecule has 0 spiro atoms. The van der Waals surface area contributed by atoms with Crippen LogP contribution < -0.4 is 0 Å². The molecule has 0 amide bonds. The first-order valence-corrected chi connectivity index (χ1v) is 7.25. The quantitative estimate of drug-likeness (QED) is 0.724. The van der Waals surface area contributed by atoms with E-state index >= 15 is 0 Å². The van der Waals surface area contributed by atoms with Crippen molar-refractivity contribution in [1.29, 1.82) is 0 Å². The van der Waals surface area contributed by atoms with Crippen LogP contribution in [0.4, 0.5) is 0 Å². The van der Waals surface area contributed by atoms with Crippen LogP contribution in [0.25, 0.3) is 0 Å². The summed E-state index contributed by atoms with van der Waals surface area (Å²) < 4.78 is 2.58. The number of hydrogen-bond acceptors (Lipinski definition) is 1. The third-order valence-corrected chi connectivity index (χ3v) is 4.78. The molecule has 1 aromatic rings. The maximum atomic E-state index is 4.90. The van der Waals surface area contributed by atoms with Crippen LogP contribution in [0.2, 0.25) is 0 Å². The molecule has 2 nitrogen and oxygen atoms in total. The summed E-state index contributed by atoms with van der Waals surface area (Å²) in [6.45, 7) is 7.10. The molecule has 2 heteroatoms. The zero-order chi connectivity index (χ0) is 12.0. The summed E-state index contributed by atoms with van der Waals surface area (Å²) in [5.74, 6) is 3.06. The lowest BCUT2D eigenvalue weighted by atomic mass is 9.82. The van der Waals surface area contributed by atoms with E-state index in [4.69, 9.17) is 4.98 Å². The highest BCUT2D eigenvalue weighted by atomic mass is 15.1. The van der Waals surface area contributed by atoms with Crippen LogP contribution in [0.1, 0.15) is 63.3 Å². The molecule has 0 N–H and O–H groups in total. The van der Waals surface area contributed by atoms with E-state index in [0.29, 0.717) is 6.04 Å². The van der Waals surface area contributed by atoms with Gasteiger partial charge in [-0.15, -0.1) is 0 Å². The van der Waals surface area contributed by atoms with Gasteiger partial charge in [-0.25, -0.2) is 4.98 Å². The average Bonchev–Trinajstić information content (AvgIpc) is 2.67. The molecule has 0 saturated heterocycles. The predicted molar refractivity (Wildman–Crippen MR) is 70.2 cm³/mol. The van der Waals surface area contributed by atoms with Crippen molar-refractivity contribution in [3.63, 3.8) is 0 Å². The van der Waals surface area contributed by atoms with Crippen LogP contribution in [0.5, 0.6) is 0 Å². The van der Waals surface area contributed by atoms with Gasteiger partial charge in [0.05, 0.1) is 5.69 Å². The number of nitrogens with zero attached hydrogens (tertiary/aromatic N) is 2. The number of aromatic nitrogens is 2. The molecule has 1 aliphatic heterocycles. The number of hydrogen-bond donors (Lipinski definition) is 0. The predicted octanol–water partition coefficient (Wildman–Crippen LogP) is 3.54. The van der Waals surface area contributed by atoms with Crippen molar-refractivity contribution in [2.75, 3.05) is 0 Å². The number of fused-ring (bicyclic) bond motifs is 3. The summed E-state index contributed by atoms with van der Waals surface area (Å²) >= 11 is 0. The first-order chi connectivity index (χ1) is 8.16. The normalized spacial score (nSPS) is 28.0. The van der Waals surface area contributed by atoms with Crippen LogP contribution in [-0.2, 0) is 19.3 Å². The topological polar surface area (TPSA) is 17.8 Å². The fraction of sp³-hybridized carbons (Fsp3) is 0.800. The minimum Gasteiger partial charge on any atom is -0.329 e. The Kier molecular flexibility index (Phi) is 2.76. The standard InChI is InChI=1S/C15H24N2/c1-10(2)12-7-8-13-14(9-12)17-11(3)5-4-6-15(17)16-13/h10-12H,4-9H2,1-3H3. The number of aryl methyl sites for hydroxylation is 2. The Morgan fingerprint density at radius 3 is 2.82 bits per heavy atom. The number of imidazole rings is 1. The lowest BCUT2D eigenvalue weighted by molar-refractivity contribution is 0.323. The van der Waals surface area contributed by atoms with Gasteiger partial charge in [0.2, 0.25) is 0 Å². The van der Waals surface area contributed by atoms with Gasteiger partial charge in [0, 0.05) is 18.2 Å². The monoisotopic (exact) mass is 232 g/mol. The second-order valence-electron chi connectivity index (χ2n) is 6.28. The Labute approximate surface area is 104 Å². The van der Waals surface area contributed by atoms with Crippen LogP contribution in [0.15, 0.2) is 0 Å². The van der Waals surface area contributed by atoms with E-state index in [1.807, 2.05) is 0 Å². The number of rotatable bonds is 1. The van der Waals surface area contributed by atoms with E-state index in [2.05, 4.69) is 25.3 Å². The Balaban J connectivity index is 1.98. The van der Waals surface area contributed by atoms with Crippen LogP contribution in [0.3, 0.4) is 0 Å². The minimum atomic E-state index is 0.681. The van der Waals surface area contributed by atoms with Crippen LogP contribution >= 0.6 is 0 Å². The van der Waals surface area contributed by atoms with Gasteiger partial charge >= 0.3 is 0 Å². The van der Waals surface area contributed by atoms with Gasteiger partial charge in [-0.3, -0.25) is 0 Å². The summed E-state index contributed by atoms with van der Waals surface area (Å²) in [6, 6.07) is 0.681. The lowest BCUT2D eigenvalue weighted by Crippen LogP contribution is -2.23. The molecule has 1 aliphatic carbocycles. The zero-order valence-corrected chi connectivity index (χ0v) is 11.4. The highest BCUT2D eigenvalue weighted by molar-refractivity contribution is 5.23. The van der Waals surface area contributed by atoms with E-state index < -0.39 is 0 Å². The Morgan fingerprint density at radius 2 is 2.06 bits per heavy atom. The van der Waals surface area contributed by atoms with Crippen molar-refractivity contribution in [2.24, 2.45) is 11.8 Å². The molecule has 1 aromatic heterocycles. The fourth-order valence-corrected chi connectivity index (χ4v) is 3.61. The van der Waals surface area contributed by atoms with Gasteiger partial charge in [-0.2, -0.15) is 0 Å². The van der Waals surface area contributed by atoms with Gasteiger partial charge in [-0.1, -0.05) is 13.8 Å².